The molecule has 2 aliphatic rings. The Hall–Kier alpha value is -0.960. The number of benzene rings is 1. The minimum atomic E-state index is 0.188. The first-order valence-electron chi connectivity index (χ1n) is 5.16. The van der Waals surface area contributed by atoms with E-state index in [2.05, 4.69) is 19.9 Å². The number of carbonyl (C=O) groups excluding carboxylic acids is 1. The molecule has 0 saturated carbocycles. The van der Waals surface area contributed by atoms with Crippen molar-refractivity contribution in [2.45, 2.75) is 24.0 Å². The molecule has 1 aromatic rings. The minimum Gasteiger partial charge on any atom is -0.321 e. The number of hydrogen-bond acceptors (Lipinski definition) is 2. The van der Waals surface area contributed by atoms with Gasteiger partial charge in [0.05, 0.1) is 0 Å². The average Bonchev–Trinajstić information content (AvgIpc) is 2.63. The van der Waals surface area contributed by atoms with Gasteiger partial charge in [-0.05, 0) is 25.5 Å². The molecule has 1 atom stereocenters. The summed E-state index contributed by atoms with van der Waals surface area (Å²) >= 11 is 1.89. The van der Waals surface area contributed by atoms with Crippen LogP contribution in [0.15, 0.2) is 24.3 Å². The van der Waals surface area contributed by atoms with Crippen LogP contribution in [0.1, 0.15) is 35.1 Å². The lowest BCUT2D eigenvalue weighted by atomic mass is 10.1. The zero-order chi connectivity index (χ0) is 10.6. The lowest BCUT2D eigenvalue weighted by Crippen LogP contribution is -2.29. The standard InChI is InChI=1S/C12H13NOS/c1-12(2)7-13-10(14)8-5-3-4-6-9(8)11(13)15-12/h3-6,11H,7H2,1-2H3. The van der Waals surface area contributed by atoms with Crippen molar-refractivity contribution in [1.29, 1.82) is 0 Å². The molecular weight excluding hydrogens is 206 g/mol. The molecule has 1 amide bonds. The smallest absolute Gasteiger partial charge is 0.255 e. The van der Waals surface area contributed by atoms with Crippen LogP contribution >= 0.6 is 11.8 Å². The van der Waals surface area contributed by atoms with Crippen LogP contribution in [0.2, 0.25) is 0 Å². The van der Waals surface area contributed by atoms with E-state index in [-0.39, 0.29) is 16.0 Å². The summed E-state index contributed by atoms with van der Waals surface area (Å²) in [6.07, 6.45) is 0. The molecule has 1 aromatic carbocycles. The van der Waals surface area contributed by atoms with E-state index in [1.165, 1.54) is 5.56 Å². The summed E-state index contributed by atoms with van der Waals surface area (Å²) in [5.74, 6) is 0.202. The van der Waals surface area contributed by atoms with Gasteiger partial charge in [-0.15, -0.1) is 11.8 Å². The third-order valence-corrected chi connectivity index (χ3v) is 4.48. The summed E-state index contributed by atoms with van der Waals surface area (Å²) in [6.45, 7) is 5.26. The molecule has 0 N–H and O–H groups in total. The van der Waals surface area contributed by atoms with Gasteiger partial charge in [0.1, 0.15) is 5.37 Å². The Bertz CT molecular complexity index is 441. The molecule has 3 heteroatoms. The van der Waals surface area contributed by atoms with Crippen LogP contribution in [0.3, 0.4) is 0 Å². The maximum absolute atomic E-state index is 12.1. The van der Waals surface area contributed by atoms with Crippen LogP contribution in [-0.4, -0.2) is 22.1 Å². The largest absolute Gasteiger partial charge is 0.321 e. The second-order valence-corrected chi connectivity index (χ2v) is 6.54. The molecule has 2 nitrogen and oxygen atoms in total. The van der Waals surface area contributed by atoms with Gasteiger partial charge in [-0.1, -0.05) is 18.2 Å². The van der Waals surface area contributed by atoms with Crippen LogP contribution < -0.4 is 0 Å². The van der Waals surface area contributed by atoms with E-state index in [9.17, 15) is 4.79 Å². The van der Waals surface area contributed by atoms with Gasteiger partial charge in [-0.25, -0.2) is 0 Å². The number of carbonyl (C=O) groups is 1. The maximum Gasteiger partial charge on any atom is 0.255 e. The minimum absolute atomic E-state index is 0.188. The number of amides is 1. The Kier molecular flexibility index (Phi) is 1.72. The van der Waals surface area contributed by atoms with Gasteiger partial charge in [0.15, 0.2) is 0 Å². The van der Waals surface area contributed by atoms with E-state index >= 15 is 0 Å². The van der Waals surface area contributed by atoms with E-state index in [4.69, 9.17) is 0 Å². The first-order valence-corrected chi connectivity index (χ1v) is 6.04. The SMILES string of the molecule is CC1(C)CN2C(=O)c3ccccc3C2S1. The average molecular weight is 219 g/mol. The zero-order valence-electron chi connectivity index (χ0n) is 8.86. The highest BCUT2D eigenvalue weighted by atomic mass is 32.2. The molecule has 1 saturated heterocycles. The van der Waals surface area contributed by atoms with Crippen LogP contribution in [0, 0.1) is 0 Å². The fourth-order valence-electron chi connectivity index (χ4n) is 2.37. The molecule has 2 aliphatic heterocycles. The monoisotopic (exact) mass is 219 g/mol. The number of rotatable bonds is 0. The molecule has 0 aliphatic carbocycles. The molecule has 2 heterocycles. The summed E-state index contributed by atoms with van der Waals surface area (Å²) in [5.41, 5.74) is 2.09. The van der Waals surface area contributed by atoms with Crippen molar-refractivity contribution in [3.63, 3.8) is 0 Å². The van der Waals surface area contributed by atoms with Gasteiger partial charge in [0, 0.05) is 16.9 Å². The Morgan fingerprint density at radius 3 is 2.93 bits per heavy atom. The molecule has 15 heavy (non-hydrogen) atoms. The Labute approximate surface area is 93.7 Å². The van der Waals surface area contributed by atoms with Crippen molar-refractivity contribution in [2.24, 2.45) is 0 Å². The molecule has 3 rings (SSSR count). The summed E-state index contributed by atoms with van der Waals surface area (Å²) < 4.78 is 0.188. The third-order valence-electron chi connectivity index (χ3n) is 2.98. The molecule has 78 valence electrons. The van der Waals surface area contributed by atoms with Crippen LogP contribution in [0.5, 0.6) is 0 Å². The Morgan fingerprint density at radius 2 is 2.13 bits per heavy atom. The highest BCUT2D eigenvalue weighted by molar-refractivity contribution is 8.01. The molecule has 1 unspecified atom stereocenters. The molecule has 1 fully saturated rings. The van der Waals surface area contributed by atoms with Crippen molar-refractivity contribution in [3.05, 3.63) is 35.4 Å². The number of fused-ring (bicyclic) bond motifs is 3. The summed E-state index contributed by atoms with van der Waals surface area (Å²) in [4.78, 5) is 14.1. The Balaban J connectivity index is 2.10. The van der Waals surface area contributed by atoms with E-state index in [1.54, 1.807) is 0 Å². The van der Waals surface area contributed by atoms with Crippen LogP contribution in [0.25, 0.3) is 0 Å². The number of hydrogen-bond donors (Lipinski definition) is 0. The van der Waals surface area contributed by atoms with Crippen LogP contribution in [-0.2, 0) is 0 Å². The van der Waals surface area contributed by atoms with Crippen molar-refractivity contribution in [1.82, 2.24) is 4.90 Å². The molecule has 0 bridgehead atoms. The predicted molar refractivity (Wildman–Crippen MR) is 61.9 cm³/mol. The quantitative estimate of drug-likeness (QED) is 0.668. The summed E-state index contributed by atoms with van der Waals surface area (Å²) in [6, 6.07) is 7.96. The third kappa shape index (κ3) is 1.22. The molecular formula is C12H13NOS. The van der Waals surface area contributed by atoms with E-state index in [0.29, 0.717) is 0 Å². The Morgan fingerprint density at radius 1 is 1.40 bits per heavy atom. The zero-order valence-corrected chi connectivity index (χ0v) is 9.67. The molecule has 0 aromatic heterocycles. The van der Waals surface area contributed by atoms with Gasteiger partial charge in [-0.2, -0.15) is 0 Å². The lowest BCUT2D eigenvalue weighted by Gasteiger charge is -2.16. The first kappa shape index (κ1) is 9.28. The van der Waals surface area contributed by atoms with Gasteiger partial charge in [0.25, 0.3) is 5.91 Å². The first-order chi connectivity index (χ1) is 7.08. The van der Waals surface area contributed by atoms with Gasteiger partial charge in [0.2, 0.25) is 0 Å². The van der Waals surface area contributed by atoms with Gasteiger partial charge in [-0.3, -0.25) is 4.79 Å². The fourth-order valence-corrected chi connectivity index (χ4v) is 3.82. The second-order valence-electron chi connectivity index (χ2n) is 4.75. The number of nitrogens with zero attached hydrogens (tertiary/aromatic N) is 1. The van der Waals surface area contributed by atoms with Gasteiger partial charge < -0.3 is 4.90 Å². The van der Waals surface area contributed by atoms with Crippen molar-refractivity contribution >= 4 is 17.7 Å². The summed E-state index contributed by atoms with van der Waals surface area (Å²) in [5, 5.41) is 0.253. The maximum atomic E-state index is 12.1. The highest BCUT2D eigenvalue weighted by Gasteiger charge is 2.47. The van der Waals surface area contributed by atoms with Crippen molar-refractivity contribution in [2.75, 3.05) is 6.54 Å². The lowest BCUT2D eigenvalue weighted by molar-refractivity contribution is 0.0779. The van der Waals surface area contributed by atoms with Gasteiger partial charge >= 0.3 is 0 Å². The predicted octanol–water partition coefficient (Wildman–Crippen LogP) is 2.67. The fraction of sp³-hybridized carbons (Fsp3) is 0.417. The number of thioether (sulfide) groups is 1. The second kappa shape index (κ2) is 2.79. The van der Waals surface area contributed by atoms with E-state index in [1.807, 2.05) is 34.9 Å². The van der Waals surface area contributed by atoms with E-state index < -0.39 is 0 Å². The molecule has 0 radical (unpaired) electrons. The van der Waals surface area contributed by atoms with Crippen LogP contribution in [0.4, 0.5) is 0 Å². The summed E-state index contributed by atoms with van der Waals surface area (Å²) in [7, 11) is 0. The normalized spacial score (nSPS) is 26.7. The topological polar surface area (TPSA) is 20.3 Å². The van der Waals surface area contributed by atoms with E-state index in [0.717, 1.165) is 12.1 Å². The molecule has 0 spiro atoms. The highest BCUT2D eigenvalue weighted by Crippen LogP contribution is 2.52. The van der Waals surface area contributed by atoms with Crippen molar-refractivity contribution < 1.29 is 4.79 Å². The van der Waals surface area contributed by atoms with Crippen molar-refractivity contribution in [3.8, 4) is 0 Å².